The molecular weight excluding hydrogens is 422 g/mol. The molecule has 2 N–H and O–H groups in total. The summed E-state index contributed by atoms with van der Waals surface area (Å²) in [5.41, 5.74) is 3.92. The van der Waals surface area contributed by atoms with Crippen LogP contribution in [0.3, 0.4) is 0 Å². The summed E-state index contributed by atoms with van der Waals surface area (Å²) in [6.45, 7) is 1.38. The largest absolute Gasteiger partial charge is 0.465 e. The zero-order valence-corrected chi connectivity index (χ0v) is 17.9. The maximum atomic E-state index is 11.0. The van der Waals surface area contributed by atoms with Crippen LogP contribution in [-0.4, -0.2) is 59.7 Å². The van der Waals surface area contributed by atoms with E-state index in [2.05, 4.69) is 31.5 Å². The fraction of sp³-hybridized carbons (Fsp3) is 0.273. The summed E-state index contributed by atoms with van der Waals surface area (Å²) in [7, 11) is 1.84. The number of fused-ring (bicyclic) bond motifs is 1. The summed E-state index contributed by atoms with van der Waals surface area (Å²) in [6.07, 6.45) is 9.31. The van der Waals surface area contributed by atoms with Gasteiger partial charge in [0.2, 0.25) is 0 Å². The van der Waals surface area contributed by atoms with Gasteiger partial charge in [0.05, 0.1) is 30.0 Å². The van der Waals surface area contributed by atoms with Crippen molar-refractivity contribution >= 4 is 17.4 Å². The van der Waals surface area contributed by atoms with Crippen LogP contribution in [-0.2, 0) is 7.05 Å². The number of hydrogen-bond donors (Lipinski definition) is 2. The highest BCUT2D eigenvalue weighted by Gasteiger charge is 2.23. The van der Waals surface area contributed by atoms with Gasteiger partial charge in [0.1, 0.15) is 23.0 Å². The molecule has 5 rings (SSSR count). The molecule has 0 aromatic carbocycles. The lowest BCUT2D eigenvalue weighted by atomic mass is 10.1. The molecule has 1 unspecified atom stereocenters. The highest BCUT2D eigenvalue weighted by Crippen LogP contribution is 2.29. The summed E-state index contributed by atoms with van der Waals surface area (Å²) in [5.74, 6) is 0.768. The molecule has 4 aromatic rings. The molecule has 166 valence electrons. The Balaban J connectivity index is 1.51. The zero-order chi connectivity index (χ0) is 22.9. The molecule has 0 spiro atoms. The van der Waals surface area contributed by atoms with Crippen LogP contribution in [0, 0.1) is 11.3 Å². The first kappa shape index (κ1) is 20.4. The second-order valence-corrected chi connectivity index (χ2v) is 7.98. The third-order valence-electron chi connectivity index (χ3n) is 5.71. The predicted octanol–water partition coefficient (Wildman–Crippen LogP) is 2.30. The van der Waals surface area contributed by atoms with E-state index in [0.29, 0.717) is 29.0 Å². The summed E-state index contributed by atoms with van der Waals surface area (Å²) in [6, 6.07) is 5.87. The molecule has 5 heterocycles. The third-order valence-corrected chi connectivity index (χ3v) is 5.71. The molecule has 0 saturated carbocycles. The van der Waals surface area contributed by atoms with Gasteiger partial charge in [0.25, 0.3) is 0 Å². The standard InChI is InChI=1S/C22H21N9O2/c1-29-11-16(10-25-29)18-13-31-21(15(7-23)9-26-31)20(28-18)14-4-5-19(24-8-14)30-6-2-3-17(12-30)27-22(32)33/h4-5,8-11,13,17,27H,2-3,6,12H2,1H3,(H,32,33). The summed E-state index contributed by atoms with van der Waals surface area (Å²) < 4.78 is 3.36. The number of aryl methyl sites for hydroxylation is 1. The molecule has 1 amide bonds. The Morgan fingerprint density at radius 1 is 1.21 bits per heavy atom. The average molecular weight is 443 g/mol. The maximum Gasteiger partial charge on any atom is 0.404 e. The number of amides is 1. The van der Waals surface area contributed by atoms with E-state index in [0.717, 1.165) is 36.3 Å². The van der Waals surface area contributed by atoms with Gasteiger partial charge in [-0.3, -0.25) is 4.68 Å². The van der Waals surface area contributed by atoms with E-state index in [9.17, 15) is 10.1 Å². The third kappa shape index (κ3) is 3.94. The van der Waals surface area contributed by atoms with Gasteiger partial charge in [0.15, 0.2) is 0 Å². The number of anilines is 1. The molecule has 0 aliphatic carbocycles. The second-order valence-electron chi connectivity index (χ2n) is 7.98. The number of nitrogens with zero attached hydrogens (tertiary/aromatic N) is 8. The van der Waals surface area contributed by atoms with Crippen LogP contribution in [0.2, 0.25) is 0 Å². The predicted molar refractivity (Wildman–Crippen MR) is 120 cm³/mol. The molecular formula is C22H21N9O2. The number of carbonyl (C=O) groups is 1. The van der Waals surface area contributed by atoms with Gasteiger partial charge in [-0.25, -0.2) is 19.3 Å². The van der Waals surface area contributed by atoms with Gasteiger partial charge < -0.3 is 15.3 Å². The number of hydrogen-bond acceptors (Lipinski definition) is 7. The molecule has 1 aliphatic heterocycles. The van der Waals surface area contributed by atoms with Gasteiger partial charge in [-0.2, -0.15) is 15.5 Å². The highest BCUT2D eigenvalue weighted by molar-refractivity contribution is 5.83. The van der Waals surface area contributed by atoms with E-state index < -0.39 is 6.09 Å². The normalized spacial score (nSPS) is 16.0. The first-order valence-electron chi connectivity index (χ1n) is 10.5. The molecule has 11 nitrogen and oxygen atoms in total. The summed E-state index contributed by atoms with van der Waals surface area (Å²) in [5, 5.41) is 29.7. The molecule has 1 saturated heterocycles. The van der Waals surface area contributed by atoms with E-state index in [4.69, 9.17) is 10.1 Å². The maximum absolute atomic E-state index is 11.0. The van der Waals surface area contributed by atoms with Crippen molar-refractivity contribution in [3.05, 3.63) is 48.7 Å². The van der Waals surface area contributed by atoms with Crippen LogP contribution in [0.15, 0.2) is 43.1 Å². The Labute approximate surface area is 188 Å². The molecule has 1 aliphatic rings. The van der Waals surface area contributed by atoms with E-state index in [1.54, 1.807) is 27.8 Å². The van der Waals surface area contributed by atoms with Crippen molar-refractivity contribution in [3.8, 4) is 28.6 Å². The quantitative estimate of drug-likeness (QED) is 0.490. The summed E-state index contributed by atoms with van der Waals surface area (Å²) in [4.78, 5) is 22.5. The number of carboxylic acid groups (broad SMARTS) is 1. The first-order chi connectivity index (χ1) is 16.0. The Hall–Kier alpha value is -4.46. The zero-order valence-electron chi connectivity index (χ0n) is 17.9. The average Bonchev–Trinajstić information content (AvgIpc) is 3.44. The van der Waals surface area contributed by atoms with Gasteiger partial charge in [-0.15, -0.1) is 0 Å². The molecule has 1 fully saturated rings. The van der Waals surface area contributed by atoms with Gasteiger partial charge in [-0.1, -0.05) is 0 Å². The van der Waals surface area contributed by atoms with E-state index in [-0.39, 0.29) is 6.04 Å². The van der Waals surface area contributed by atoms with Gasteiger partial charge in [-0.05, 0) is 25.0 Å². The smallest absolute Gasteiger partial charge is 0.404 e. The molecule has 1 atom stereocenters. The Bertz CT molecular complexity index is 1370. The van der Waals surface area contributed by atoms with Crippen molar-refractivity contribution in [1.82, 2.24) is 34.7 Å². The number of nitrogens with one attached hydrogen (secondary N) is 1. The minimum Gasteiger partial charge on any atom is -0.465 e. The Kier molecular flexibility index (Phi) is 5.10. The van der Waals surface area contributed by atoms with E-state index >= 15 is 0 Å². The molecule has 11 heteroatoms. The fourth-order valence-corrected chi connectivity index (χ4v) is 4.18. The fourth-order valence-electron chi connectivity index (χ4n) is 4.18. The lowest BCUT2D eigenvalue weighted by Gasteiger charge is -2.33. The monoisotopic (exact) mass is 443 g/mol. The van der Waals surface area contributed by atoms with E-state index in [1.165, 1.54) is 6.20 Å². The van der Waals surface area contributed by atoms with Crippen LogP contribution < -0.4 is 10.2 Å². The van der Waals surface area contributed by atoms with Crippen LogP contribution in [0.1, 0.15) is 18.4 Å². The Morgan fingerprint density at radius 2 is 2.09 bits per heavy atom. The number of aromatic nitrogens is 6. The number of nitriles is 1. The van der Waals surface area contributed by atoms with Crippen LogP contribution in [0.5, 0.6) is 0 Å². The first-order valence-corrected chi connectivity index (χ1v) is 10.5. The van der Waals surface area contributed by atoms with Crippen molar-refractivity contribution in [1.29, 1.82) is 5.26 Å². The van der Waals surface area contributed by atoms with Crippen LogP contribution in [0.4, 0.5) is 10.6 Å². The number of rotatable bonds is 4. The van der Waals surface area contributed by atoms with Gasteiger partial charge in [0, 0.05) is 49.7 Å². The molecule has 0 radical (unpaired) electrons. The van der Waals surface area contributed by atoms with Crippen molar-refractivity contribution in [2.75, 3.05) is 18.0 Å². The SMILES string of the molecule is Cn1cc(-c2cn3ncc(C#N)c3c(-c3ccc(N4CCCC(NC(=O)O)C4)nc3)n2)cn1. The van der Waals surface area contributed by atoms with Crippen molar-refractivity contribution in [2.45, 2.75) is 18.9 Å². The topological polar surface area (TPSA) is 137 Å². The van der Waals surface area contributed by atoms with Crippen LogP contribution in [0.25, 0.3) is 28.0 Å². The second kappa shape index (κ2) is 8.23. The summed E-state index contributed by atoms with van der Waals surface area (Å²) >= 11 is 0. The van der Waals surface area contributed by atoms with Crippen molar-refractivity contribution in [2.24, 2.45) is 7.05 Å². The van der Waals surface area contributed by atoms with Crippen molar-refractivity contribution < 1.29 is 9.90 Å². The lowest BCUT2D eigenvalue weighted by molar-refractivity contribution is 0.188. The minimum absolute atomic E-state index is 0.125. The number of pyridine rings is 1. The molecule has 4 aromatic heterocycles. The van der Waals surface area contributed by atoms with E-state index in [1.807, 2.05) is 25.4 Å². The van der Waals surface area contributed by atoms with Crippen LogP contribution >= 0.6 is 0 Å². The lowest BCUT2D eigenvalue weighted by Crippen LogP contribution is -2.47. The van der Waals surface area contributed by atoms with Gasteiger partial charge >= 0.3 is 6.09 Å². The van der Waals surface area contributed by atoms with Crippen molar-refractivity contribution in [3.63, 3.8) is 0 Å². The Morgan fingerprint density at radius 3 is 2.79 bits per heavy atom. The minimum atomic E-state index is -1.01. The molecule has 33 heavy (non-hydrogen) atoms. The highest BCUT2D eigenvalue weighted by atomic mass is 16.4. The number of piperidine rings is 1. The molecule has 0 bridgehead atoms.